The second-order valence-electron chi connectivity index (χ2n) is 5.81. The molecule has 0 atom stereocenters. The number of halogens is 2. The highest BCUT2D eigenvalue weighted by Crippen LogP contribution is 2.26. The van der Waals surface area contributed by atoms with Crippen LogP contribution in [0.25, 0.3) is 0 Å². The molecule has 0 aromatic heterocycles. The van der Waals surface area contributed by atoms with Gasteiger partial charge in [-0.1, -0.05) is 0 Å². The van der Waals surface area contributed by atoms with Crippen LogP contribution in [0.2, 0.25) is 0 Å². The molecule has 0 unspecified atom stereocenters. The van der Waals surface area contributed by atoms with Crippen LogP contribution in [0.3, 0.4) is 0 Å². The van der Waals surface area contributed by atoms with Crippen molar-refractivity contribution in [2.24, 2.45) is 4.99 Å². The molecule has 29 heavy (non-hydrogen) atoms. The Hall–Kier alpha value is -3.23. The molecule has 2 rings (SSSR count). The van der Waals surface area contributed by atoms with Gasteiger partial charge in [0.15, 0.2) is 5.96 Å². The van der Waals surface area contributed by atoms with Gasteiger partial charge in [0.25, 0.3) is 0 Å². The summed E-state index contributed by atoms with van der Waals surface area (Å²) in [5, 5.41) is 6.23. The van der Waals surface area contributed by atoms with E-state index >= 15 is 0 Å². The number of nitrogens with zero attached hydrogens (tertiary/aromatic N) is 1. The third-order valence-corrected chi connectivity index (χ3v) is 4.09. The first-order valence-corrected chi connectivity index (χ1v) is 8.77. The zero-order valence-electron chi connectivity index (χ0n) is 16.8. The summed E-state index contributed by atoms with van der Waals surface area (Å²) in [4.78, 5) is 4.15. The lowest BCUT2D eigenvalue weighted by Gasteiger charge is -2.16. The van der Waals surface area contributed by atoms with E-state index in [-0.39, 0.29) is 12.3 Å². The molecule has 0 saturated heterocycles. The largest absolute Gasteiger partial charge is 0.497 e. The van der Waals surface area contributed by atoms with Gasteiger partial charge in [-0.2, -0.15) is 8.78 Å². The minimum absolute atomic E-state index is 0.0700. The second kappa shape index (κ2) is 10.9. The van der Waals surface area contributed by atoms with Gasteiger partial charge in [-0.05, 0) is 30.3 Å². The Morgan fingerprint density at radius 3 is 2.07 bits per heavy atom. The Kier molecular flexibility index (Phi) is 8.32. The molecule has 0 aliphatic heterocycles. The zero-order valence-corrected chi connectivity index (χ0v) is 16.8. The Balaban J connectivity index is 2.04. The van der Waals surface area contributed by atoms with Crippen LogP contribution in [0.4, 0.5) is 8.78 Å². The average molecular weight is 409 g/mol. The zero-order chi connectivity index (χ0) is 21.2. The summed E-state index contributed by atoms with van der Waals surface area (Å²) >= 11 is 0. The molecule has 158 valence electrons. The number of guanidine groups is 1. The van der Waals surface area contributed by atoms with Crippen molar-refractivity contribution >= 4 is 5.96 Å². The van der Waals surface area contributed by atoms with Gasteiger partial charge in [0, 0.05) is 37.3 Å². The van der Waals surface area contributed by atoms with Crippen molar-refractivity contribution in [2.45, 2.75) is 19.7 Å². The van der Waals surface area contributed by atoms with E-state index in [1.165, 1.54) is 13.2 Å². The van der Waals surface area contributed by atoms with E-state index < -0.39 is 6.61 Å². The molecule has 0 spiro atoms. The van der Waals surface area contributed by atoms with Crippen LogP contribution in [0.1, 0.15) is 11.1 Å². The van der Waals surface area contributed by atoms with Crippen molar-refractivity contribution in [1.82, 2.24) is 10.6 Å². The molecule has 2 N–H and O–H groups in total. The van der Waals surface area contributed by atoms with Gasteiger partial charge in [0.05, 0.1) is 21.3 Å². The average Bonchev–Trinajstić information content (AvgIpc) is 2.74. The summed E-state index contributed by atoms with van der Waals surface area (Å²) in [5.41, 5.74) is 1.41. The van der Waals surface area contributed by atoms with Gasteiger partial charge in [0.1, 0.15) is 23.0 Å². The third-order valence-electron chi connectivity index (χ3n) is 4.09. The molecule has 0 fully saturated rings. The van der Waals surface area contributed by atoms with Gasteiger partial charge in [-0.3, -0.25) is 4.99 Å². The molecule has 0 aliphatic carbocycles. The number of nitrogens with one attached hydrogen (secondary N) is 2. The fourth-order valence-electron chi connectivity index (χ4n) is 2.61. The molecule has 0 radical (unpaired) electrons. The first kappa shape index (κ1) is 22.1. The Labute approximate surface area is 168 Å². The van der Waals surface area contributed by atoms with Crippen molar-refractivity contribution in [3.05, 3.63) is 47.5 Å². The van der Waals surface area contributed by atoms with Gasteiger partial charge in [-0.15, -0.1) is 0 Å². The highest BCUT2D eigenvalue weighted by atomic mass is 19.3. The molecule has 0 saturated carbocycles. The molecule has 0 aliphatic rings. The molecule has 9 heteroatoms. The summed E-state index contributed by atoms with van der Waals surface area (Å²) in [7, 11) is 6.29. The Morgan fingerprint density at radius 1 is 0.862 bits per heavy atom. The molecule has 7 nitrogen and oxygen atoms in total. The van der Waals surface area contributed by atoms with E-state index in [0.29, 0.717) is 35.3 Å². The quantitative estimate of drug-likeness (QED) is 0.490. The normalized spacial score (nSPS) is 11.2. The number of hydrogen-bond acceptors (Lipinski definition) is 5. The highest BCUT2D eigenvalue weighted by molar-refractivity contribution is 5.79. The van der Waals surface area contributed by atoms with Gasteiger partial charge < -0.3 is 29.6 Å². The van der Waals surface area contributed by atoms with Gasteiger partial charge in [-0.25, -0.2) is 0 Å². The fraction of sp³-hybridized carbons (Fsp3) is 0.350. The standard InChI is InChI=1S/C20H25F2N3O4/c1-23-20(24-11-13-5-6-16(27-3)10-18(13)28-4)25-12-14-9-15(26-2)7-8-17(14)29-19(21)22/h5-10,19H,11-12H2,1-4H3,(H2,23,24,25). The van der Waals surface area contributed by atoms with Crippen LogP contribution < -0.4 is 29.6 Å². The summed E-state index contributed by atoms with van der Waals surface area (Å²) in [5.74, 6) is 2.45. The lowest BCUT2D eigenvalue weighted by Crippen LogP contribution is -2.36. The maximum absolute atomic E-state index is 12.7. The summed E-state index contributed by atoms with van der Waals surface area (Å²) in [6.45, 7) is -2.27. The lowest BCUT2D eigenvalue weighted by atomic mass is 10.2. The molecule has 0 amide bonds. The number of rotatable bonds is 9. The van der Waals surface area contributed by atoms with Crippen molar-refractivity contribution in [3.8, 4) is 23.0 Å². The molecule has 0 heterocycles. The Bertz CT molecular complexity index is 831. The summed E-state index contributed by atoms with van der Waals surface area (Å²) in [6.07, 6.45) is 0. The van der Waals surface area contributed by atoms with Crippen molar-refractivity contribution < 1.29 is 27.7 Å². The molecule has 0 bridgehead atoms. The number of alkyl halides is 2. The first-order chi connectivity index (χ1) is 14.0. The molecule has 2 aromatic rings. The maximum atomic E-state index is 12.7. The van der Waals surface area contributed by atoms with E-state index in [4.69, 9.17) is 14.2 Å². The smallest absolute Gasteiger partial charge is 0.387 e. The maximum Gasteiger partial charge on any atom is 0.387 e. The van der Waals surface area contributed by atoms with E-state index in [9.17, 15) is 8.78 Å². The summed E-state index contributed by atoms with van der Waals surface area (Å²) in [6, 6.07) is 10.1. The SMILES string of the molecule is CN=C(NCc1ccc(OC)cc1OC)NCc1cc(OC)ccc1OC(F)F. The number of hydrogen-bond donors (Lipinski definition) is 2. The van der Waals surface area contributed by atoms with Crippen LogP contribution in [0, 0.1) is 0 Å². The predicted molar refractivity (Wildman–Crippen MR) is 106 cm³/mol. The molecular formula is C20H25F2N3O4. The van der Waals surface area contributed by atoms with Gasteiger partial charge >= 0.3 is 6.61 Å². The van der Waals surface area contributed by atoms with Crippen molar-refractivity contribution in [1.29, 1.82) is 0 Å². The minimum atomic E-state index is -2.91. The number of ether oxygens (including phenoxy) is 4. The van der Waals surface area contributed by atoms with E-state index in [2.05, 4.69) is 20.4 Å². The topological polar surface area (TPSA) is 73.3 Å². The van der Waals surface area contributed by atoms with Crippen molar-refractivity contribution in [2.75, 3.05) is 28.4 Å². The van der Waals surface area contributed by atoms with Crippen LogP contribution in [-0.2, 0) is 13.1 Å². The summed E-state index contributed by atoms with van der Waals surface area (Å²) < 4.78 is 45.6. The second-order valence-corrected chi connectivity index (χ2v) is 5.81. The van der Waals surface area contributed by atoms with Crippen LogP contribution in [0.15, 0.2) is 41.4 Å². The predicted octanol–water partition coefficient (Wildman–Crippen LogP) is 3.18. The first-order valence-electron chi connectivity index (χ1n) is 8.77. The van der Waals surface area contributed by atoms with Crippen LogP contribution in [0.5, 0.6) is 23.0 Å². The minimum Gasteiger partial charge on any atom is -0.497 e. The van der Waals surface area contributed by atoms with E-state index in [0.717, 1.165) is 5.56 Å². The Morgan fingerprint density at radius 2 is 1.48 bits per heavy atom. The van der Waals surface area contributed by atoms with Crippen LogP contribution in [-0.4, -0.2) is 40.9 Å². The molecular weight excluding hydrogens is 384 g/mol. The number of aliphatic imine (C=N–C) groups is 1. The fourth-order valence-corrected chi connectivity index (χ4v) is 2.61. The highest BCUT2D eigenvalue weighted by Gasteiger charge is 2.12. The number of benzene rings is 2. The number of methoxy groups -OCH3 is 3. The van der Waals surface area contributed by atoms with Crippen LogP contribution >= 0.6 is 0 Å². The lowest BCUT2D eigenvalue weighted by molar-refractivity contribution is -0.0504. The molecule has 2 aromatic carbocycles. The van der Waals surface area contributed by atoms with Gasteiger partial charge in [0.2, 0.25) is 0 Å². The van der Waals surface area contributed by atoms with Crippen molar-refractivity contribution in [3.63, 3.8) is 0 Å². The third kappa shape index (κ3) is 6.41. The van der Waals surface area contributed by atoms with E-state index in [1.807, 2.05) is 12.1 Å². The monoisotopic (exact) mass is 409 g/mol. The van der Waals surface area contributed by atoms with E-state index in [1.54, 1.807) is 39.5 Å².